The number of rotatable bonds is 3. The van der Waals surface area contributed by atoms with E-state index in [1.54, 1.807) is 0 Å². The number of nitrogens with one attached hydrogen (secondary N) is 1. The molecule has 1 fully saturated rings. The van der Waals surface area contributed by atoms with Crippen molar-refractivity contribution < 1.29 is 14.3 Å². The first kappa shape index (κ1) is 18.2. The molecule has 5 nitrogen and oxygen atoms in total. The molecule has 0 aliphatic carbocycles. The van der Waals surface area contributed by atoms with E-state index in [0.29, 0.717) is 6.47 Å². The van der Waals surface area contributed by atoms with Gasteiger partial charge in [-0.05, 0) is 59.3 Å². The number of ether oxygens (including phenoxy) is 1. The first-order valence-electron chi connectivity index (χ1n) is 7.51. The van der Waals surface area contributed by atoms with E-state index in [0.717, 1.165) is 25.1 Å². The topological polar surface area (TPSA) is 58.6 Å². The number of hydrogen-bond acceptors (Lipinski definition) is 4. The lowest BCUT2D eigenvalue weighted by Crippen LogP contribution is -2.37. The molecule has 0 spiro atoms. The zero-order valence-electron chi connectivity index (χ0n) is 13.8. The summed E-state index contributed by atoms with van der Waals surface area (Å²) in [5.41, 5.74) is 0.560. The van der Waals surface area contributed by atoms with E-state index in [2.05, 4.69) is 15.0 Å². The maximum Gasteiger partial charge on any atom is 0.293 e. The van der Waals surface area contributed by atoms with E-state index < -0.39 is 0 Å². The molecular formula is C17H26N2O3. The van der Waals surface area contributed by atoms with Gasteiger partial charge in [-0.15, -0.1) is 0 Å². The fourth-order valence-corrected chi connectivity index (χ4v) is 2.13. The summed E-state index contributed by atoms with van der Waals surface area (Å²) >= 11 is 0. The van der Waals surface area contributed by atoms with Crippen LogP contribution in [0.3, 0.4) is 0 Å². The minimum Gasteiger partial charge on any atom is -0.462 e. The number of likely N-dealkylation sites (tertiary alicyclic amines) is 1. The van der Waals surface area contributed by atoms with E-state index in [9.17, 15) is 9.59 Å². The van der Waals surface area contributed by atoms with Crippen molar-refractivity contribution in [3.05, 3.63) is 30.3 Å². The Kier molecular flexibility index (Phi) is 7.05. The fourth-order valence-electron chi connectivity index (χ4n) is 2.13. The normalized spacial score (nSPS) is 18.1. The Morgan fingerprint density at radius 2 is 1.95 bits per heavy atom. The van der Waals surface area contributed by atoms with Gasteiger partial charge in [0.25, 0.3) is 6.47 Å². The van der Waals surface area contributed by atoms with Crippen LogP contribution in [0.5, 0.6) is 0 Å². The summed E-state index contributed by atoms with van der Waals surface area (Å²) in [6.07, 6.45) is 2.08. The molecule has 5 heteroatoms. The summed E-state index contributed by atoms with van der Waals surface area (Å²) in [4.78, 5) is 23.6. The van der Waals surface area contributed by atoms with Crippen LogP contribution in [0, 0.1) is 0 Å². The molecule has 2 rings (SSSR count). The third-order valence-electron chi connectivity index (χ3n) is 3.27. The van der Waals surface area contributed by atoms with Gasteiger partial charge in [-0.25, -0.2) is 0 Å². The number of carbonyl (C=O) groups is 2. The molecule has 0 saturated carbocycles. The Morgan fingerprint density at radius 1 is 1.32 bits per heavy atom. The first-order valence-corrected chi connectivity index (χ1v) is 7.51. The van der Waals surface area contributed by atoms with Gasteiger partial charge < -0.3 is 10.1 Å². The Labute approximate surface area is 132 Å². The second-order valence-corrected chi connectivity index (χ2v) is 6.32. The fraction of sp³-hybridized carbons (Fsp3) is 0.529. The summed E-state index contributed by atoms with van der Waals surface area (Å²) in [6.45, 7) is 6.94. The van der Waals surface area contributed by atoms with Crippen molar-refractivity contribution >= 4 is 18.1 Å². The van der Waals surface area contributed by atoms with Gasteiger partial charge in [0.2, 0.25) is 5.91 Å². The van der Waals surface area contributed by atoms with Crippen molar-refractivity contribution in [3.8, 4) is 0 Å². The minimum absolute atomic E-state index is 0.0465. The monoisotopic (exact) mass is 306 g/mol. The molecule has 1 aliphatic rings. The molecule has 1 amide bonds. The van der Waals surface area contributed by atoms with E-state index in [1.807, 2.05) is 58.2 Å². The maximum atomic E-state index is 11.9. The molecule has 1 aliphatic heterocycles. The average Bonchev–Trinajstić information content (AvgIpc) is 2.85. The highest BCUT2D eigenvalue weighted by molar-refractivity contribution is 5.94. The Balaban J connectivity index is 0.000000295. The lowest BCUT2D eigenvalue weighted by molar-refractivity contribution is -0.138. The number of amides is 1. The number of para-hydroxylation sites is 1. The van der Waals surface area contributed by atoms with Crippen molar-refractivity contribution in [3.63, 3.8) is 0 Å². The standard InChI is InChI=1S/C12H16N2O.C5H10O2/c1-14-9-5-8-11(14)12(15)13-10-6-3-2-4-7-10;1-5(2,3)7-4-6/h2-4,6-7,11H,5,8-9H2,1H3,(H,13,15);4H,1-3H3. The molecule has 1 saturated heterocycles. The summed E-state index contributed by atoms with van der Waals surface area (Å²) in [6, 6.07) is 9.66. The van der Waals surface area contributed by atoms with Gasteiger partial charge in [0.05, 0.1) is 6.04 Å². The SMILES string of the molecule is CC(C)(C)OC=O.CN1CCCC1C(=O)Nc1ccccc1. The van der Waals surface area contributed by atoms with Gasteiger partial charge in [0, 0.05) is 5.69 Å². The maximum absolute atomic E-state index is 11.9. The van der Waals surface area contributed by atoms with Gasteiger partial charge in [-0.3, -0.25) is 14.5 Å². The molecule has 22 heavy (non-hydrogen) atoms. The number of nitrogens with zero attached hydrogens (tertiary/aromatic N) is 1. The number of likely N-dealkylation sites (N-methyl/N-ethyl adjacent to an activating group) is 1. The molecule has 1 N–H and O–H groups in total. The summed E-state index contributed by atoms with van der Waals surface area (Å²) < 4.78 is 4.55. The largest absolute Gasteiger partial charge is 0.462 e. The van der Waals surface area contributed by atoms with Crippen LogP contribution in [0.4, 0.5) is 5.69 Å². The minimum atomic E-state index is -0.318. The number of hydrogen-bond donors (Lipinski definition) is 1. The quantitative estimate of drug-likeness (QED) is 0.872. The number of anilines is 1. The molecule has 1 atom stereocenters. The van der Waals surface area contributed by atoms with Crippen molar-refractivity contribution in [1.29, 1.82) is 0 Å². The van der Waals surface area contributed by atoms with Crippen LogP contribution in [0.25, 0.3) is 0 Å². The highest BCUT2D eigenvalue weighted by Gasteiger charge is 2.27. The lowest BCUT2D eigenvalue weighted by atomic mass is 10.2. The van der Waals surface area contributed by atoms with Gasteiger partial charge in [-0.1, -0.05) is 18.2 Å². The van der Waals surface area contributed by atoms with Crippen LogP contribution >= 0.6 is 0 Å². The van der Waals surface area contributed by atoms with E-state index in [4.69, 9.17) is 0 Å². The van der Waals surface area contributed by atoms with Gasteiger partial charge in [0.15, 0.2) is 0 Å². The Morgan fingerprint density at radius 3 is 2.36 bits per heavy atom. The molecule has 1 aromatic rings. The second kappa shape index (κ2) is 8.54. The molecule has 0 aromatic heterocycles. The highest BCUT2D eigenvalue weighted by Crippen LogP contribution is 2.16. The van der Waals surface area contributed by atoms with Crippen molar-refractivity contribution in [2.45, 2.75) is 45.3 Å². The molecule has 0 bridgehead atoms. The smallest absolute Gasteiger partial charge is 0.293 e. The molecule has 122 valence electrons. The van der Waals surface area contributed by atoms with E-state index in [-0.39, 0.29) is 17.6 Å². The lowest BCUT2D eigenvalue weighted by Gasteiger charge is -2.18. The number of benzene rings is 1. The van der Waals surface area contributed by atoms with Crippen LogP contribution in [-0.4, -0.2) is 42.5 Å². The number of carbonyl (C=O) groups excluding carboxylic acids is 2. The van der Waals surface area contributed by atoms with Crippen molar-refractivity contribution in [2.75, 3.05) is 18.9 Å². The molecule has 0 radical (unpaired) electrons. The molecule has 1 unspecified atom stereocenters. The zero-order valence-corrected chi connectivity index (χ0v) is 13.8. The summed E-state index contributed by atoms with van der Waals surface area (Å²) in [5, 5.41) is 2.93. The van der Waals surface area contributed by atoms with Gasteiger partial charge in [0.1, 0.15) is 5.60 Å². The zero-order chi connectivity index (χ0) is 16.6. The third kappa shape index (κ3) is 6.72. The van der Waals surface area contributed by atoms with E-state index >= 15 is 0 Å². The van der Waals surface area contributed by atoms with E-state index in [1.165, 1.54) is 0 Å². The van der Waals surface area contributed by atoms with Crippen LogP contribution < -0.4 is 5.32 Å². The van der Waals surface area contributed by atoms with Crippen LogP contribution in [0.2, 0.25) is 0 Å². The van der Waals surface area contributed by atoms with Crippen LogP contribution in [-0.2, 0) is 14.3 Å². The molecule has 1 heterocycles. The average molecular weight is 306 g/mol. The molecule has 1 aromatic carbocycles. The van der Waals surface area contributed by atoms with Gasteiger partial charge >= 0.3 is 0 Å². The first-order chi connectivity index (χ1) is 10.3. The second-order valence-electron chi connectivity index (χ2n) is 6.32. The summed E-state index contributed by atoms with van der Waals surface area (Å²) in [5.74, 6) is 0.112. The Hall–Kier alpha value is -1.88. The van der Waals surface area contributed by atoms with Crippen LogP contribution in [0.1, 0.15) is 33.6 Å². The molecular weight excluding hydrogens is 280 g/mol. The third-order valence-corrected chi connectivity index (χ3v) is 3.27. The van der Waals surface area contributed by atoms with Gasteiger partial charge in [-0.2, -0.15) is 0 Å². The Bertz CT molecular complexity index is 469. The van der Waals surface area contributed by atoms with Crippen molar-refractivity contribution in [1.82, 2.24) is 4.90 Å². The highest BCUT2D eigenvalue weighted by atomic mass is 16.5. The predicted octanol–water partition coefficient (Wildman–Crippen LogP) is 2.68. The van der Waals surface area contributed by atoms with Crippen molar-refractivity contribution in [2.24, 2.45) is 0 Å². The summed E-state index contributed by atoms with van der Waals surface area (Å²) in [7, 11) is 2.00. The predicted molar refractivity (Wildman–Crippen MR) is 87.6 cm³/mol. The van der Waals surface area contributed by atoms with Crippen LogP contribution in [0.15, 0.2) is 30.3 Å².